The monoisotopic (exact) mass is 266 g/mol. The fourth-order valence-electron chi connectivity index (χ4n) is 2.15. The molecule has 3 N–H and O–H groups in total. The van der Waals surface area contributed by atoms with Gasteiger partial charge in [-0.15, -0.1) is 0 Å². The third-order valence-corrected chi connectivity index (χ3v) is 3.40. The molecule has 19 heavy (non-hydrogen) atoms. The van der Waals surface area contributed by atoms with E-state index in [1.54, 1.807) is 12.1 Å². The molecule has 5 heteroatoms. The minimum Gasteiger partial charge on any atom is -0.478 e. The summed E-state index contributed by atoms with van der Waals surface area (Å²) in [5, 5.41) is 28.5. The van der Waals surface area contributed by atoms with Crippen LogP contribution in [0.25, 0.3) is 0 Å². The summed E-state index contributed by atoms with van der Waals surface area (Å²) in [5.74, 6) is -0.600. The molecule has 0 fully saturated rings. The van der Waals surface area contributed by atoms with Gasteiger partial charge in [-0.1, -0.05) is 12.1 Å². The van der Waals surface area contributed by atoms with Crippen molar-refractivity contribution in [3.8, 4) is 5.75 Å². The molecule has 0 saturated carbocycles. The molecule has 0 unspecified atom stereocenters. The lowest BCUT2D eigenvalue weighted by Crippen LogP contribution is -2.39. The van der Waals surface area contributed by atoms with Gasteiger partial charge in [-0.3, -0.25) is 0 Å². The summed E-state index contributed by atoms with van der Waals surface area (Å²) in [6, 6.07) is 5.30. The van der Waals surface area contributed by atoms with Crippen LogP contribution in [-0.4, -0.2) is 39.1 Å². The Balaban J connectivity index is 2.34. The summed E-state index contributed by atoms with van der Waals surface area (Å²) in [4.78, 5) is 11.1. The highest BCUT2D eigenvalue weighted by molar-refractivity contribution is 5.76. The largest absolute Gasteiger partial charge is 0.478 e. The maximum atomic E-state index is 11.1. The zero-order valence-corrected chi connectivity index (χ0v) is 11.0. The van der Waals surface area contributed by atoms with Crippen molar-refractivity contribution in [1.82, 2.24) is 0 Å². The lowest BCUT2D eigenvalue weighted by molar-refractivity contribution is -0.152. The summed E-state index contributed by atoms with van der Waals surface area (Å²) in [6.45, 7) is 2.95. The number of benzene rings is 1. The zero-order valence-electron chi connectivity index (χ0n) is 11.0. The molecule has 0 radical (unpaired) electrons. The number of carboxylic acid groups (broad SMARTS) is 1. The standard InChI is InChI=1S/C14H18O5/c1-14(2,13(17)18)19-12-5-3-4-8-6-10(15)11(16)7-9(8)12/h3-5,10-11,15-16H,6-7H2,1-2H3,(H,17,18)/t10-,11+/m0/s1. The second-order valence-corrected chi connectivity index (χ2v) is 5.35. The fourth-order valence-corrected chi connectivity index (χ4v) is 2.15. The first-order valence-corrected chi connectivity index (χ1v) is 6.20. The van der Waals surface area contributed by atoms with E-state index in [4.69, 9.17) is 9.84 Å². The number of aliphatic carboxylic acids is 1. The molecule has 1 aliphatic rings. The van der Waals surface area contributed by atoms with E-state index in [2.05, 4.69) is 0 Å². The number of aliphatic hydroxyl groups is 2. The molecule has 1 aromatic rings. The Bertz CT molecular complexity index is 495. The summed E-state index contributed by atoms with van der Waals surface area (Å²) in [7, 11) is 0. The van der Waals surface area contributed by atoms with Crippen LogP contribution in [0, 0.1) is 0 Å². The molecule has 0 bridgehead atoms. The lowest BCUT2D eigenvalue weighted by Gasteiger charge is -2.30. The van der Waals surface area contributed by atoms with E-state index in [-0.39, 0.29) is 6.42 Å². The quantitative estimate of drug-likeness (QED) is 0.751. The molecule has 2 atom stereocenters. The van der Waals surface area contributed by atoms with Crippen molar-refractivity contribution in [1.29, 1.82) is 0 Å². The Kier molecular flexibility index (Phi) is 3.52. The minimum atomic E-state index is -1.34. The van der Waals surface area contributed by atoms with Crippen LogP contribution >= 0.6 is 0 Å². The predicted octanol–water partition coefficient (Wildman–Crippen LogP) is 0.749. The number of carboxylic acids is 1. The van der Waals surface area contributed by atoms with Crippen LogP contribution in [0.3, 0.4) is 0 Å². The predicted molar refractivity (Wildman–Crippen MR) is 68.2 cm³/mol. The highest BCUT2D eigenvalue weighted by Crippen LogP contribution is 2.32. The van der Waals surface area contributed by atoms with Gasteiger partial charge in [-0.2, -0.15) is 0 Å². The van der Waals surface area contributed by atoms with E-state index in [0.717, 1.165) is 11.1 Å². The molecule has 0 amide bonds. The van der Waals surface area contributed by atoms with E-state index in [0.29, 0.717) is 12.2 Å². The van der Waals surface area contributed by atoms with Crippen molar-refractivity contribution in [3.05, 3.63) is 29.3 Å². The van der Waals surface area contributed by atoms with Crippen LogP contribution in [0.2, 0.25) is 0 Å². The number of hydrogen-bond donors (Lipinski definition) is 3. The normalized spacial score (nSPS) is 22.7. The van der Waals surface area contributed by atoms with Crippen LogP contribution in [0.5, 0.6) is 5.75 Å². The number of aliphatic hydroxyl groups excluding tert-OH is 2. The zero-order chi connectivity index (χ0) is 14.2. The van der Waals surface area contributed by atoms with Crippen molar-refractivity contribution < 1.29 is 24.9 Å². The highest BCUT2D eigenvalue weighted by atomic mass is 16.5. The first-order valence-electron chi connectivity index (χ1n) is 6.20. The Morgan fingerprint density at radius 1 is 1.26 bits per heavy atom. The third-order valence-electron chi connectivity index (χ3n) is 3.40. The number of carbonyl (C=O) groups is 1. The van der Waals surface area contributed by atoms with Gasteiger partial charge in [0.05, 0.1) is 12.2 Å². The van der Waals surface area contributed by atoms with Gasteiger partial charge in [0.2, 0.25) is 0 Å². The molecule has 0 aliphatic heterocycles. The molecule has 104 valence electrons. The molecule has 2 rings (SSSR count). The van der Waals surface area contributed by atoms with Crippen LogP contribution in [0.15, 0.2) is 18.2 Å². The van der Waals surface area contributed by atoms with Crippen LogP contribution in [0.4, 0.5) is 0 Å². The maximum absolute atomic E-state index is 11.1. The van der Waals surface area contributed by atoms with E-state index in [1.807, 2.05) is 6.07 Å². The minimum absolute atomic E-state index is 0.266. The molecular weight excluding hydrogens is 248 g/mol. The van der Waals surface area contributed by atoms with Crippen LogP contribution in [0.1, 0.15) is 25.0 Å². The molecule has 0 saturated heterocycles. The van der Waals surface area contributed by atoms with Gasteiger partial charge in [-0.25, -0.2) is 4.79 Å². The van der Waals surface area contributed by atoms with Crippen molar-refractivity contribution in [2.24, 2.45) is 0 Å². The second-order valence-electron chi connectivity index (χ2n) is 5.35. The Morgan fingerprint density at radius 3 is 2.53 bits per heavy atom. The summed E-state index contributed by atoms with van der Waals surface area (Å²) in [6.07, 6.45) is -1.01. The van der Waals surface area contributed by atoms with E-state index >= 15 is 0 Å². The number of ether oxygens (including phenoxy) is 1. The van der Waals surface area contributed by atoms with Crippen LogP contribution < -0.4 is 4.74 Å². The first kappa shape index (κ1) is 13.8. The fraction of sp³-hybridized carbons (Fsp3) is 0.500. The van der Waals surface area contributed by atoms with Crippen LogP contribution in [-0.2, 0) is 17.6 Å². The first-order chi connectivity index (χ1) is 8.81. The average molecular weight is 266 g/mol. The van der Waals surface area contributed by atoms with Gasteiger partial charge in [0.1, 0.15) is 5.75 Å². The molecule has 1 aromatic carbocycles. The third kappa shape index (κ3) is 2.72. The summed E-state index contributed by atoms with van der Waals surface area (Å²) in [5.41, 5.74) is 0.321. The Morgan fingerprint density at radius 2 is 1.89 bits per heavy atom. The Labute approximate surface area is 111 Å². The highest BCUT2D eigenvalue weighted by Gasteiger charge is 2.33. The lowest BCUT2D eigenvalue weighted by atomic mass is 9.87. The van der Waals surface area contributed by atoms with Gasteiger partial charge in [0, 0.05) is 18.4 Å². The average Bonchev–Trinajstić information content (AvgIpc) is 2.31. The van der Waals surface area contributed by atoms with E-state index < -0.39 is 23.8 Å². The molecule has 5 nitrogen and oxygen atoms in total. The van der Waals surface area contributed by atoms with Gasteiger partial charge in [-0.05, 0) is 25.5 Å². The van der Waals surface area contributed by atoms with Crippen molar-refractivity contribution in [2.45, 2.75) is 44.5 Å². The second kappa shape index (κ2) is 4.83. The molecule has 1 aliphatic carbocycles. The molecular formula is C14H18O5. The number of hydrogen-bond acceptors (Lipinski definition) is 4. The summed E-state index contributed by atoms with van der Waals surface area (Å²) >= 11 is 0. The Hall–Kier alpha value is -1.59. The SMILES string of the molecule is CC(C)(Oc1cccc2c1C[C@@H](O)[C@@H](O)C2)C(=O)O. The number of rotatable bonds is 3. The van der Waals surface area contributed by atoms with Crippen molar-refractivity contribution >= 4 is 5.97 Å². The molecule has 0 aromatic heterocycles. The topological polar surface area (TPSA) is 87.0 Å². The van der Waals surface area contributed by atoms with Gasteiger partial charge < -0.3 is 20.1 Å². The van der Waals surface area contributed by atoms with Crippen molar-refractivity contribution in [2.75, 3.05) is 0 Å². The maximum Gasteiger partial charge on any atom is 0.347 e. The molecule has 0 heterocycles. The number of fused-ring (bicyclic) bond motifs is 1. The van der Waals surface area contributed by atoms with Gasteiger partial charge >= 0.3 is 5.97 Å². The summed E-state index contributed by atoms with van der Waals surface area (Å²) < 4.78 is 5.55. The van der Waals surface area contributed by atoms with Crippen molar-refractivity contribution in [3.63, 3.8) is 0 Å². The molecule has 0 spiro atoms. The van der Waals surface area contributed by atoms with Gasteiger partial charge in [0.25, 0.3) is 0 Å². The van der Waals surface area contributed by atoms with E-state index in [9.17, 15) is 15.0 Å². The smallest absolute Gasteiger partial charge is 0.347 e. The van der Waals surface area contributed by atoms with Gasteiger partial charge in [0.15, 0.2) is 5.60 Å². The van der Waals surface area contributed by atoms with E-state index in [1.165, 1.54) is 13.8 Å².